The summed E-state index contributed by atoms with van der Waals surface area (Å²) in [5.74, 6) is 0.0587. The van der Waals surface area contributed by atoms with E-state index in [0.29, 0.717) is 17.1 Å². The summed E-state index contributed by atoms with van der Waals surface area (Å²) < 4.78 is 26.4. The van der Waals surface area contributed by atoms with Crippen LogP contribution in [0.2, 0.25) is 0 Å². The first-order chi connectivity index (χ1) is 11.6. The first kappa shape index (κ1) is 18.6. The molecule has 2 N–H and O–H groups in total. The third kappa shape index (κ3) is 4.89. The molecule has 0 spiro atoms. The predicted octanol–water partition coefficient (Wildman–Crippen LogP) is 3.58. The van der Waals surface area contributed by atoms with E-state index in [1.165, 1.54) is 12.1 Å². The Kier molecular flexibility index (Phi) is 6.94. The van der Waals surface area contributed by atoms with E-state index in [9.17, 15) is 13.7 Å². The monoisotopic (exact) mass is 349 g/mol. The predicted molar refractivity (Wildman–Crippen MR) is 97.3 cm³/mol. The summed E-state index contributed by atoms with van der Waals surface area (Å²) in [5.41, 5.74) is 2.74. The minimum Gasteiger partial charge on any atom is -0.396 e. The van der Waals surface area contributed by atoms with Crippen LogP contribution in [0, 0.1) is 11.7 Å². The van der Waals surface area contributed by atoms with E-state index in [1.807, 2.05) is 38.2 Å². The van der Waals surface area contributed by atoms with Crippen LogP contribution in [0.5, 0.6) is 0 Å². The van der Waals surface area contributed by atoms with Gasteiger partial charge in [0.25, 0.3) is 0 Å². The van der Waals surface area contributed by atoms with E-state index in [0.717, 1.165) is 23.2 Å². The highest BCUT2D eigenvalue weighted by molar-refractivity contribution is 7.85. The van der Waals surface area contributed by atoms with Crippen molar-refractivity contribution < 1.29 is 13.7 Å². The number of aliphatic hydroxyl groups is 1. The fourth-order valence-corrected chi connectivity index (χ4v) is 4.16. The van der Waals surface area contributed by atoms with Crippen molar-refractivity contribution in [1.82, 2.24) is 0 Å². The van der Waals surface area contributed by atoms with Crippen molar-refractivity contribution in [2.45, 2.75) is 24.7 Å². The Morgan fingerprint density at radius 3 is 2.71 bits per heavy atom. The lowest BCUT2D eigenvalue weighted by atomic mass is 10.0. The molecule has 5 heteroatoms. The maximum Gasteiger partial charge on any atom is 0.123 e. The number of nitrogens with one attached hydrogen (secondary N) is 1. The number of halogens is 1. The molecule has 0 saturated carbocycles. The number of benzene rings is 2. The molecule has 2 atom stereocenters. The van der Waals surface area contributed by atoms with Crippen LogP contribution in [-0.2, 0) is 17.2 Å². The Morgan fingerprint density at radius 1 is 1.25 bits per heavy atom. The smallest absolute Gasteiger partial charge is 0.123 e. The molecular weight excluding hydrogens is 325 g/mol. The Bertz CT molecular complexity index is 702. The van der Waals surface area contributed by atoms with E-state index < -0.39 is 10.8 Å². The second kappa shape index (κ2) is 8.94. The topological polar surface area (TPSA) is 49.3 Å². The lowest BCUT2D eigenvalue weighted by molar-refractivity contribution is 0.236. The Balaban J connectivity index is 2.28. The largest absolute Gasteiger partial charge is 0.396 e. The van der Waals surface area contributed by atoms with Crippen molar-refractivity contribution in [2.24, 2.45) is 5.92 Å². The zero-order chi connectivity index (χ0) is 17.5. The maximum absolute atomic E-state index is 13.7. The lowest BCUT2D eigenvalue weighted by Crippen LogP contribution is -2.15. The number of hydrogen-bond acceptors (Lipinski definition) is 3. The fourth-order valence-electron chi connectivity index (χ4n) is 2.57. The highest BCUT2D eigenvalue weighted by Crippen LogP contribution is 2.22. The quantitative estimate of drug-likeness (QED) is 0.766. The van der Waals surface area contributed by atoms with Gasteiger partial charge in [0.2, 0.25) is 0 Å². The van der Waals surface area contributed by atoms with E-state index >= 15 is 0 Å². The lowest BCUT2D eigenvalue weighted by Gasteiger charge is -2.14. The maximum atomic E-state index is 13.7. The zero-order valence-corrected chi connectivity index (χ0v) is 14.9. The van der Waals surface area contributed by atoms with Crippen LogP contribution in [0.25, 0.3) is 0 Å². The van der Waals surface area contributed by atoms with Crippen LogP contribution < -0.4 is 5.32 Å². The van der Waals surface area contributed by atoms with Crippen LogP contribution in [0.4, 0.5) is 10.1 Å². The molecule has 0 heterocycles. The summed E-state index contributed by atoms with van der Waals surface area (Å²) in [5, 5.41) is 12.4. The van der Waals surface area contributed by atoms with Gasteiger partial charge in [-0.05, 0) is 53.8 Å². The van der Waals surface area contributed by atoms with Gasteiger partial charge >= 0.3 is 0 Å². The van der Waals surface area contributed by atoms with E-state index in [1.54, 1.807) is 6.07 Å². The van der Waals surface area contributed by atoms with Crippen molar-refractivity contribution in [2.75, 3.05) is 24.7 Å². The van der Waals surface area contributed by atoms with Crippen molar-refractivity contribution >= 4 is 16.5 Å². The van der Waals surface area contributed by atoms with E-state index in [-0.39, 0.29) is 18.3 Å². The molecule has 130 valence electrons. The molecule has 0 aliphatic rings. The fraction of sp³-hybridized carbons (Fsp3) is 0.368. The zero-order valence-electron chi connectivity index (χ0n) is 14.1. The molecule has 0 fully saturated rings. The van der Waals surface area contributed by atoms with Gasteiger partial charge in [0.05, 0.1) is 10.8 Å². The van der Waals surface area contributed by atoms with Gasteiger partial charge in [-0.1, -0.05) is 25.5 Å². The summed E-state index contributed by atoms with van der Waals surface area (Å²) in [6, 6.07) is 12.3. The molecular formula is C19H24FNO2S. The number of hydrogen-bond donors (Lipinski definition) is 2. The Hall–Kier alpha value is -1.72. The summed E-state index contributed by atoms with van der Waals surface area (Å²) >= 11 is 0. The van der Waals surface area contributed by atoms with E-state index in [4.69, 9.17) is 0 Å². The van der Waals surface area contributed by atoms with Gasteiger partial charge in [0.15, 0.2) is 0 Å². The van der Waals surface area contributed by atoms with Crippen molar-refractivity contribution in [3.63, 3.8) is 0 Å². The molecule has 0 aliphatic heterocycles. The molecule has 2 rings (SSSR count). The Morgan fingerprint density at radius 2 is 2.04 bits per heavy atom. The van der Waals surface area contributed by atoms with Gasteiger partial charge in [-0.3, -0.25) is 4.21 Å². The van der Waals surface area contributed by atoms with Crippen LogP contribution >= 0.6 is 0 Å². The van der Waals surface area contributed by atoms with Gasteiger partial charge in [-0.25, -0.2) is 4.39 Å². The molecule has 0 amide bonds. The molecule has 2 aromatic rings. The second-order valence-corrected chi connectivity index (χ2v) is 7.31. The van der Waals surface area contributed by atoms with Crippen molar-refractivity contribution in [1.29, 1.82) is 0 Å². The average molecular weight is 349 g/mol. The minimum atomic E-state index is -1.26. The molecule has 0 saturated heterocycles. The van der Waals surface area contributed by atoms with Crippen molar-refractivity contribution in [3.8, 4) is 0 Å². The van der Waals surface area contributed by atoms with Crippen LogP contribution in [-0.4, -0.2) is 28.7 Å². The highest BCUT2D eigenvalue weighted by Gasteiger charge is 2.16. The number of rotatable bonds is 8. The SMILES string of the molecule is CCC(CO)CS(=O)c1ccc(F)cc1Cc1cccc(NC)c1. The summed E-state index contributed by atoms with van der Waals surface area (Å²) in [6.45, 7) is 1.98. The molecule has 2 unspecified atom stereocenters. The minimum absolute atomic E-state index is 0.00337. The molecule has 2 aromatic carbocycles. The average Bonchev–Trinajstić information content (AvgIpc) is 2.59. The van der Waals surface area contributed by atoms with Crippen LogP contribution in [0.1, 0.15) is 24.5 Å². The second-order valence-electron chi connectivity index (χ2n) is 5.85. The standard InChI is InChI=1S/C19H24FNO2S/c1-3-14(12-22)13-24(23)19-8-7-17(20)11-16(19)9-15-5-4-6-18(10-15)21-2/h4-8,10-11,14,21-22H,3,9,12-13H2,1-2H3. The Labute approximate surface area is 145 Å². The third-order valence-corrected chi connectivity index (χ3v) is 5.76. The summed E-state index contributed by atoms with van der Waals surface area (Å²) in [7, 11) is 0.593. The van der Waals surface area contributed by atoms with Crippen LogP contribution in [0.15, 0.2) is 47.4 Å². The van der Waals surface area contributed by atoms with Gasteiger partial charge in [-0.15, -0.1) is 0 Å². The highest BCUT2D eigenvalue weighted by atomic mass is 32.2. The van der Waals surface area contributed by atoms with E-state index in [2.05, 4.69) is 5.32 Å². The molecule has 24 heavy (non-hydrogen) atoms. The van der Waals surface area contributed by atoms with Crippen molar-refractivity contribution in [3.05, 3.63) is 59.4 Å². The normalized spacial score (nSPS) is 13.5. The van der Waals surface area contributed by atoms with Crippen LogP contribution in [0.3, 0.4) is 0 Å². The molecule has 0 aromatic heterocycles. The first-order valence-corrected chi connectivity index (χ1v) is 9.43. The van der Waals surface area contributed by atoms with Gasteiger partial charge in [0.1, 0.15) is 5.82 Å². The molecule has 0 aliphatic carbocycles. The third-order valence-electron chi connectivity index (χ3n) is 4.10. The summed E-state index contributed by atoms with van der Waals surface area (Å²) in [6.07, 6.45) is 1.28. The molecule has 3 nitrogen and oxygen atoms in total. The molecule has 0 bridgehead atoms. The number of aliphatic hydroxyl groups excluding tert-OH is 1. The van der Waals surface area contributed by atoms with Gasteiger partial charge in [-0.2, -0.15) is 0 Å². The van der Waals surface area contributed by atoms with Gasteiger partial charge in [0, 0.05) is 30.0 Å². The molecule has 0 radical (unpaired) electrons. The van der Waals surface area contributed by atoms with Gasteiger partial charge < -0.3 is 10.4 Å². The number of anilines is 1. The first-order valence-electron chi connectivity index (χ1n) is 8.11. The summed E-state index contributed by atoms with van der Waals surface area (Å²) in [4.78, 5) is 0.651.